The Balaban J connectivity index is 1.94. The highest BCUT2D eigenvalue weighted by Crippen LogP contribution is 2.50. The Hall–Kier alpha value is -3.63. The van der Waals surface area contributed by atoms with Crippen LogP contribution in [0.15, 0.2) is 77.7 Å². The Bertz CT molecular complexity index is 2070. The molecule has 20 nitrogen and oxygen atoms in total. The summed E-state index contributed by atoms with van der Waals surface area (Å²) in [4.78, 5) is 53.5. The van der Waals surface area contributed by atoms with E-state index < -0.39 is 94.9 Å². The molecule has 1 aliphatic heterocycles. The van der Waals surface area contributed by atoms with Crippen LogP contribution in [0.1, 0.15) is 71.9 Å². The summed E-state index contributed by atoms with van der Waals surface area (Å²) in [5.74, 6) is -1.48. The minimum absolute atomic E-state index is 0.0103. The zero-order chi connectivity index (χ0) is 51.8. The SMILES string of the molecule is COP(O[C@H]1[C@@H](OC(OCCOC(C)=O)OCCOC(C)=O)[C@H](n2ccc(NC(C)=O)nc2=O)O[C@@H]1CO[Si](OC(c1ccccc1)c1ccccc1)(O[Si](C)(C)C)O[Si](C)(C)C)N(C(C)C)C(C)C. The third kappa shape index (κ3) is 19.1. The summed E-state index contributed by atoms with van der Waals surface area (Å²) in [7, 11) is -9.83. The molecule has 5 atom stereocenters. The van der Waals surface area contributed by atoms with Crippen molar-refractivity contribution in [2.24, 2.45) is 0 Å². The Morgan fingerprint density at radius 1 is 0.771 bits per heavy atom. The van der Waals surface area contributed by atoms with Gasteiger partial charge in [0.05, 0.1) is 19.8 Å². The van der Waals surface area contributed by atoms with Gasteiger partial charge in [0.25, 0.3) is 15.0 Å². The van der Waals surface area contributed by atoms with Crippen LogP contribution in [-0.4, -0.2) is 135 Å². The van der Waals surface area contributed by atoms with E-state index in [4.69, 9.17) is 54.6 Å². The largest absolute Gasteiger partial charge is 0.659 e. The van der Waals surface area contributed by atoms with Gasteiger partial charge < -0.3 is 59.9 Å². The Morgan fingerprint density at radius 3 is 1.71 bits per heavy atom. The number of benzene rings is 2. The number of esters is 2. The number of hydrogen-bond acceptors (Lipinski definition) is 18. The predicted octanol–water partition coefficient (Wildman–Crippen LogP) is 7.27. The molecule has 0 radical (unpaired) electrons. The summed E-state index contributed by atoms with van der Waals surface area (Å²) in [6.07, 6.45) is -4.16. The molecular formula is C46H73N4O16PSi3. The summed E-state index contributed by atoms with van der Waals surface area (Å²) in [6, 6.07) is 20.8. The number of anilines is 1. The average molecular weight is 1050 g/mol. The summed E-state index contributed by atoms with van der Waals surface area (Å²) < 4.78 is 80.7. The van der Waals surface area contributed by atoms with Gasteiger partial charge in [-0.3, -0.25) is 19.0 Å². The van der Waals surface area contributed by atoms with Crippen LogP contribution in [0.25, 0.3) is 0 Å². The quantitative estimate of drug-likeness (QED) is 0.0238. The standard InChI is InChI=1S/C46H73N4O16PSi3/c1-32(2)50(33(3)4)67(55-8)63-42-39(31-60-70(65-68(9,10)11,66-69(12,13)14)64-41(37-21-17-15-18-22-37)38-23-19-16-20-24-38)61-44(49-26-25-40(47-34(5)51)48-45(49)54)43(42)62-46(58-29-27-56-35(6)52)59-30-28-57-36(7)53/h15-26,32-33,39,41-44,46H,27-31H2,1-14H3,(H,47,48,51,54)/t39-,42-,43-,44-,67?/m1/s1. The Labute approximate surface area is 416 Å². The highest BCUT2D eigenvalue weighted by atomic mass is 31.2. The first-order valence-electron chi connectivity index (χ1n) is 23.2. The maximum atomic E-state index is 14.0. The molecule has 3 aromatic rings. The summed E-state index contributed by atoms with van der Waals surface area (Å²) >= 11 is 0. The minimum Gasteiger partial charge on any atom is -0.463 e. The summed E-state index contributed by atoms with van der Waals surface area (Å²) in [5, 5.41) is 2.54. The molecule has 4 rings (SSSR count). The molecule has 1 aliphatic rings. The molecule has 2 heterocycles. The number of carbonyl (C=O) groups is 3. The van der Waals surface area contributed by atoms with Gasteiger partial charge in [-0.2, -0.15) is 4.98 Å². The molecule has 1 saturated heterocycles. The molecule has 1 amide bonds. The lowest BCUT2D eigenvalue weighted by Crippen LogP contribution is -2.60. The number of nitrogens with zero attached hydrogens (tertiary/aromatic N) is 3. The van der Waals surface area contributed by atoms with Crippen molar-refractivity contribution in [1.29, 1.82) is 0 Å². The maximum absolute atomic E-state index is 14.0. The van der Waals surface area contributed by atoms with Gasteiger partial charge >= 0.3 is 26.7 Å². The lowest BCUT2D eigenvalue weighted by atomic mass is 10.0. The summed E-state index contributed by atoms with van der Waals surface area (Å²) in [5.41, 5.74) is 0.879. The second-order valence-corrected chi connectivity index (χ2v) is 31.8. The van der Waals surface area contributed by atoms with Crippen molar-refractivity contribution < 1.29 is 68.9 Å². The zero-order valence-electron chi connectivity index (χ0n) is 42.9. The molecule has 0 spiro atoms. The first-order chi connectivity index (χ1) is 32.9. The van der Waals surface area contributed by atoms with Crippen LogP contribution in [-0.2, 0) is 68.9 Å². The van der Waals surface area contributed by atoms with E-state index in [1.165, 1.54) is 44.7 Å². The van der Waals surface area contributed by atoms with E-state index in [0.29, 0.717) is 0 Å². The molecule has 1 N–H and O–H groups in total. The number of carbonyl (C=O) groups excluding carboxylic acids is 3. The minimum atomic E-state index is -4.29. The van der Waals surface area contributed by atoms with Gasteiger partial charge in [-0.1, -0.05) is 60.7 Å². The monoisotopic (exact) mass is 1050 g/mol. The van der Waals surface area contributed by atoms with E-state index in [9.17, 15) is 19.2 Å². The van der Waals surface area contributed by atoms with E-state index in [-0.39, 0.29) is 50.9 Å². The van der Waals surface area contributed by atoms with E-state index in [1.807, 2.05) is 128 Å². The van der Waals surface area contributed by atoms with Gasteiger partial charge in [0.2, 0.25) is 5.91 Å². The van der Waals surface area contributed by atoms with Crippen molar-refractivity contribution in [3.8, 4) is 0 Å². The lowest BCUT2D eigenvalue weighted by molar-refractivity contribution is -0.320. The molecular weight excluding hydrogens is 980 g/mol. The molecule has 0 saturated carbocycles. The van der Waals surface area contributed by atoms with Crippen molar-refractivity contribution in [3.63, 3.8) is 0 Å². The number of aromatic nitrogens is 2. The molecule has 1 unspecified atom stereocenters. The normalized spacial score (nSPS) is 18.3. The first-order valence-corrected chi connectivity index (χ1v) is 32.8. The second-order valence-electron chi connectivity index (χ2n) is 18.7. The van der Waals surface area contributed by atoms with Crippen LogP contribution < -0.4 is 11.0 Å². The first kappa shape index (κ1) is 58.9. The second kappa shape index (κ2) is 27.4. The fraction of sp³-hybridized carbons (Fsp3) is 0.587. The van der Waals surface area contributed by atoms with Gasteiger partial charge in [0.15, 0.2) is 22.9 Å². The van der Waals surface area contributed by atoms with Gasteiger partial charge in [-0.15, -0.1) is 0 Å². The molecule has 1 fully saturated rings. The molecule has 0 bridgehead atoms. The van der Waals surface area contributed by atoms with Gasteiger partial charge in [-0.25, -0.2) is 9.46 Å². The van der Waals surface area contributed by atoms with E-state index in [2.05, 4.69) is 15.0 Å². The van der Waals surface area contributed by atoms with Crippen LogP contribution in [0, 0.1) is 0 Å². The smallest absolute Gasteiger partial charge is 0.463 e. The van der Waals surface area contributed by atoms with Gasteiger partial charge in [0, 0.05) is 46.2 Å². The van der Waals surface area contributed by atoms with Crippen LogP contribution >= 0.6 is 8.53 Å². The van der Waals surface area contributed by atoms with Crippen molar-refractivity contribution >= 4 is 57.9 Å². The van der Waals surface area contributed by atoms with E-state index >= 15 is 0 Å². The van der Waals surface area contributed by atoms with Crippen LogP contribution in [0.2, 0.25) is 39.3 Å². The Morgan fingerprint density at radius 2 is 1.29 bits per heavy atom. The summed E-state index contributed by atoms with van der Waals surface area (Å²) in [6.45, 7) is 21.5. The van der Waals surface area contributed by atoms with Crippen molar-refractivity contribution in [1.82, 2.24) is 14.2 Å². The zero-order valence-corrected chi connectivity index (χ0v) is 46.8. The topological polar surface area (TPSA) is 212 Å². The Kier molecular flexibility index (Phi) is 23.1. The molecule has 0 aliphatic carbocycles. The number of ether oxygens (including phenoxy) is 6. The highest BCUT2D eigenvalue weighted by Gasteiger charge is 2.57. The molecule has 1 aromatic heterocycles. The molecule has 2 aromatic carbocycles. The number of amides is 1. The van der Waals surface area contributed by atoms with E-state index in [0.717, 1.165) is 11.1 Å². The molecule has 24 heteroatoms. The average Bonchev–Trinajstić information content (AvgIpc) is 3.58. The maximum Gasteiger partial charge on any atom is 0.659 e. The van der Waals surface area contributed by atoms with Crippen molar-refractivity contribution in [3.05, 3.63) is 94.5 Å². The lowest BCUT2D eigenvalue weighted by Gasteiger charge is -2.41. The van der Waals surface area contributed by atoms with E-state index in [1.54, 1.807) is 0 Å². The fourth-order valence-corrected chi connectivity index (χ4v) is 17.2. The molecule has 70 heavy (non-hydrogen) atoms. The third-order valence-electron chi connectivity index (χ3n) is 9.62. The number of hydrogen-bond donors (Lipinski definition) is 1. The van der Waals surface area contributed by atoms with Crippen LogP contribution in [0.5, 0.6) is 0 Å². The third-order valence-corrected chi connectivity index (χ3v) is 19.6. The number of rotatable bonds is 29. The van der Waals surface area contributed by atoms with Gasteiger partial charge in [0.1, 0.15) is 43.4 Å². The van der Waals surface area contributed by atoms with Crippen molar-refractivity contribution in [2.45, 2.75) is 137 Å². The van der Waals surface area contributed by atoms with Gasteiger partial charge in [-0.05, 0) is 84.2 Å². The fourth-order valence-electron chi connectivity index (χ4n) is 7.20. The number of nitrogens with one attached hydrogen (secondary N) is 1. The molecule has 390 valence electrons. The van der Waals surface area contributed by atoms with Crippen LogP contribution in [0.3, 0.4) is 0 Å². The highest BCUT2D eigenvalue weighted by molar-refractivity contribution is 7.44. The van der Waals surface area contributed by atoms with Crippen LogP contribution in [0.4, 0.5) is 5.82 Å². The predicted molar refractivity (Wildman–Crippen MR) is 268 cm³/mol. The van der Waals surface area contributed by atoms with Crippen molar-refractivity contribution in [2.75, 3.05) is 45.5 Å².